The third kappa shape index (κ3) is 4.30. The van der Waals surface area contributed by atoms with Gasteiger partial charge < -0.3 is 4.90 Å². The first-order valence-corrected chi connectivity index (χ1v) is 8.33. The summed E-state index contributed by atoms with van der Waals surface area (Å²) in [5.41, 5.74) is 0. The normalized spacial score (nSPS) is 18.6. The SMILES string of the molecule is CC1CCN(CCNS(=O)(=O)c2ccccc2)CC1. The fourth-order valence-corrected chi connectivity index (χ4v) is 3.35. The van der Waals surface area contributed by atoms with Crippen molar-refractivity contribution in [2.75, 3.05) is 26.2 Å². The van der Waals surface area contributed by atoms with Crippen LogP contribution in [0.5, 0.6) is 0 Å². The van der Waals surface area contributed by atoms with Crippen LogP contribution in [0.4, 0.5) is 0 Å². The van der Waals surface area contributed by atoms with Crippen LogP contribution in [-0.4, -0.2) is 39.5 Å². The number of nitrogens with one attached hydrogen (secondary N) is 1. The van der Waals surface area contributed by atoms with Crippen molar-refractivity contribution < 1.29 is 8.42 Å². The smallest absolute Gasteiger partial charge is 0.240 e. The molecule has 0 bridgehead atoms. The lowest BCUT2D eigenvalue weighted by molar-refractivity contribution is 0.195. The van der Waals surface area contributed by atoms with E-state index in [1.54, 1.807) is 24.3 Å². The maximum atomic E-state index is 12.0. The number of piperidine rings is 1. The summed E-state index contributed by atoms with van der Waals surface area (Å²) < 4.78 is 26.7. The molecule has 0 atom stereocenters. The minimum absolute atomic E-state index is 0.335. The lowest BCUT2D eigenvalue weighted by atomic mass is 9.99. The molecule has 1 aliphatic rings. The van der Waals surface area contributed by atoms with Crippen molar-refractivity contribution in [2.45, 2.75) is 24.7 Å². The van der Waals surface area contributed by atoms with Crippen molar-refractivity contribution in [3.8, 4) is 0 Å². The van der Waals surface area contributed by atoms with Crippen molar-refractivity contribution in [2.24, 2.45) is 5.92 Å². The predicted molar refractivity (Wildman–Crippen MR) is 76.5 cm³/mol. The molecular formula is C14H22N2O2S. The minimum atomic E-state index is -3.35. The van der Waals surface area contributed by atoms with Crippen LogP contribution in [-0.2, 0) is 10.0 Å². The average Bonchev–Trinajstić information content (AvgIpc) is 2.42. The predicted octanol–water partition coefficient (Wildman–Crippen LogP) is 1.70. The highest BCUT2D eigenvalue weighted by atomic mass is 32.2. The number of rotatable bonds is 5. The number of likely N-dealkylation sites (tertiary alicyclic amines) is 1. The molecule has 0 saturated carbocycles. The first-order chi connectivity index (χ1) is 9.08. The van der Waals surface area contributed by atoms with E-state index in [1.165, 1.54) is 12.8 Å². The van der Waals surface area contributed by atoms with Gasteiger partial charge in [-0.15, -0.1) is 0 Å². The Bertz CT molecular complexity index is 479. The fourth-order valence-electron chi connectivity index (χ4n) is 2.31. The Labute approximate surface area is 115 Å². The van der Waals surface area contributed by atoms with E-state index in [-0.39, 0.29) is 0 Å². The molecule has 0 unspecified atom stereocenters. The molecule has 0 amide bonds. The van der Waals surface area contributed by atoms with E-state index < -0.39 is 10.0 Å². The van der Waals surface area contributed by atoms with Crippen molar-refractivity contribution in [3.05, 3.63) is 30.3 Å². The molecule has 0 radical (unpaired) electrons. The monoisotopic (exact) mass is 282 g/mol. The molecule has 106 valence electrons. The Kier molecular flexibility index (Phi) is 4.96. The van der Waals surface area contributed by atoms with Crippen LogP contribution in [0.2, 0.25) is 0 Å². The standard InChI is InChI=1S/C14H22N2O2S/c1-13-7-10-16(11-8-13)12-9-15-19(17,18)14-5-3-2-4-6-14/h2-6,13,15H,7-12H2,1H3. The maximum Gasteiger partial charge on any atom is 0.240 e. The van der Waals surface area contributed by atoms with Gasteiger partial charge in [0.1, 0.15) is 0 Å². The molecule has 1 aromatic rings. The first-order valence-electron chi connectivity index (χ1n) is 6.85. The lowest BCUT2D eigenvalue weighted by Gasteiger charge is -2.30. The third-order valence-electron chi connectivity index (χ3n) is 3.65. The molecule has 0 spiro atoms. The molecule has 1 heterocycles. The van der Waals surface area contributed by atoms with E-state index in [4.69, 9.17) is 0 Å². The lowest BCUT2D eigenvalue weighted by Crippen LogP contribution is -2.39. The highest BCUT2D eigenvalue weighted by Crippen LogP contribution is 2.15. The van der Waals surface area contributed by atoms with Gasteiger partial charge in [0.2, 0.25) is 10.0 Å². The van der Waals surface area contributed by atoms with E-state index in [0.717, 1.165) is 25.6 Å². The summed E-state index contributed by atoms with van der Waals surface area (Å²) in [6.07, 6.45) is 2.43. The highest BCUT2D eigenvalue weighted by molar-refractivity contribution is 7.89. The second-order valence-electron chi connectivity index (χ2n) is 5.23. The second kappa shape index (κ2) is 6.50. The van der Waals surface area contributed by atoms with Crippen molar-refractivity contribution in [3.63, 3.8) is 0 Å². The second-order valence-corrected chi connectivity index (χ2v) is 7.00. The highest BCUT2D eigenvalue weighted by Gasteiger charge is 2.17. The molecule has 1 aliphatic heterocycles. The van der Waals surface area contributed by atoms with Crippen LogP contribution in [0.1, 0.15) is 19.8 Å². The van der Waals surface area contributed by atoms with Gasteiger partial charge in [-0.05, 0) is 44.0 Å². The molecule has 0 aromatic heterocycles. The molecule has 2 rings (SSSR count). The maximum absolute atomic E-state index is 12.0. The summed E-state index contributed by atoms with van der Waals surface area (Å²) >= 11 is 0. The number of nitrogens with zero attached hydrogens (tertiary/aromatic N) is 1. The van der Waals surface area contributed by atoms with Gasteiger partial charge in [0.25, 0.3) is 0 Å². The number of hydrogen-bond donors (Lipinski definition) is 1. The molecule has 1 fully saturated rings. The van der Waals surface area contributed by atoms with Gasteiger partial charge in [0.15, 0.2) is 0 Å². The Morgan fingerprint density at radius 2 is 1.84 bits per heavy atom. The summed E-state index contributed by atoms with van der Waals surface area (Å²) in [6, 6.07) is 8.52. The van der Waals surface area contributed by atoms with Gasteiger partial charge in [-0.25, -0.2) is 13.1 Å². The van der Waals surface area contributed by atoms with Crippen LogP contribution in [0.3, 0.4) is 0 Å². The van der Waals surface area contributed by atoms with E-state index in [0.29, 0.717) is 11.4 Å². The summed E-state index contributed by atoms with van der Waals surface area (Å²) in [5.74, 6) is 0.803. The van der Waals surface area contributed by atoms with Gasteiger partial charge in [0.05, 0.1) is 4.90 Å². The molecule has 4 nitrogen and oxygen atoms in total. The summed E-state index contributed by atoms with van der Waals surface area (Å²) in [4.78, 5) is 2.66. The van der Waals surface area contributed by atoms with Crippen LogP contribution in [0, 0.1) is 5.92 Å². The minimum Gasteiger partial charge on any atom is -0.302 e. The van der Waals surface area contributed by atoms with Gasteiger partial charge in [0, 0.05) is 13.1 Å². The zero-order valence-corrected chi connectivity index (χ0v) is 12.2. The summed E-state index contributed by atoms with van der Waals surface area (Å²) in [5, 5.41) is 0. The van der Waals surface area contributed by atoms with E-state index in [9.17, 15) is 8.42 Å². The van der Waals surface area contributed by atoms with Gasteiger partial charge in [-0.2, -0.15) is 0 Å². The zero-order valence-electron chi connectivity index (χ0n) is 11.4. The molecule has 1 saturated heterocycles. The van der Waals surface area contributed by atoms with E-state index in [2.05, 4.69) is 16.5 Å². The quantitative estimate of drug-likeness (QED) is 0.894. The largest absolute Gasteiger partial charge is 0.302 e. The molecule has 1 N–H and O–H groups in total. The Morgan fingerprint density at radius 3 is 2.47 bits per heavy atom. The average molecular weight is 282 g/mol. The first kappa shape index (κ1) is 14.5. The molecule has 1 aromatic carbocycles. The van der Waals surface area contributed by atoms with Gasteiger partial charge >= 0.3 is 0 Å². The Morgan fingerprint density at radius 1 is 1.21 bits per heavy atom. The van der Waals surface area contributed by atoms with E-state index >= 15 is 0 Å². The van der Waals surface area contributed by atoms with Gasteiger partial charge in [-0.1, -0.05) is 25.1 Å². The fraction of sp³-hybridized carbons (Fsp3) is 0.571. The third-order valence-corrected chi connectivity index (χ3v) is 5.13. The van der Waals surface area contributed by atoms with Crippen LogP contribution in [0.15, 0.2) is 35.2 Å². The van der Waals surface area contributed by atoms with Crippen molar-refractivity contribution in [1.82, 2.24) is 9.62 Å². The molecular weight excluding hydrogens is 260 g/mol. The number of benzene rings is 1. The zero-order chi connectivity index (χ0) is 13.7. The molecule has 0 aliphatic carbocycles. The van der Waals surface area contributed by atoms with Crippen molar-refractivity contribution in [1.29, 1.82) is 0 Å². The summed E-state index contributed by atoms with van der Waals surface area (Å²) in [7, 11) is -3.35. The van der Waals surface area contributed by atoms with Crippen LogP contribution < -0.4 is 4.72 Å². The van der Waals surface area contributed by atoms with Crippen LogP contribution >= 0.6 is 0 Å². The number of sulfonamides is 1. The van der Waals surface area contributed by atoms with Crippen molar-refractivity contribution >= 4 is 10.0 Å². The topological polar surface area (TPSA) is 49.4 Å². The molecule has 19 heavy (non-hydrogen) atoms. The number of hydrogen-bond acceptors (Lipinski definition) is 3. The summed E-state index contributed by atoms with van der Waals surface area (Å²) in [6.45, 7) is 5.70. The van der Waals surface area contributed by atoms with E-state index in [1.807, 2.05) is 6.07 Å². The Hall–Kier alpha value is -0.910. The Balaban J connectivity index is 1.79. The van der Waals surface area contributed by atoms with Gasteiger partial charge in [-0.3, -0.25) is 0 Å². The van der Waals surface area contributed by atoms with Crippen LogP contribution in [0.25, 0.3) is 0 Å². The molecule has 5 heteroatoms.